The Morgan fingerprint density at radius 1 is 0.769 bits per heavy atom. The fourth-order valence-electron chi connectivity index (χ4n) is 3.57. The molecule has 130 valence electrons. The molecule has 1 aliphatic rings. The van der Waals surface area contributed by atoms with Gasteiger partial charge < -0.3 is 4.90 Å². The molecule has 0 spiro atoms. The zero-order valence-electron chi connectivity index (χ0n) is 14.5. The van der Waals surface area contributed by atoms with Crippen molar-refractivity contribution in [3.8, 4) is 0 Å². The normalized spacial score (nSPS) is 20.2. The molecule has 0 saturated carbocycles. The molecule has 2 atom stereocenters. The SMILES string of the molecule is O=C1CC[C@@H](Sc2ccccc2)[C@H](c2ccccc2)N1c1ccccc1. The van der Waals surface area contributed by atoms with Gasteiger partial charge in [-0.1, -0.05) is 66.7 Å². The molecule has 3 aromatic rings. The largest absolute Gasteiger partial charge is 0.304 e. The molecule has 1 heterocycles. The van der Waals surface area contributed by atoms with Crippen LogP contribution in [0.3, 0.4) is 0 Å². The number of carbonyl (C=O) groups excluding carboxylic acids is 1. The van der Waals surface area contributed by atoms with Crippen LogP contribution in [0, 0.1) is 0 Å². The molecular formula is C23H21NOS. The van der Waals surface area contributed by atoms with E-state index in [4.69, 9.17) is 0 Å². The summed E-state index contributed by atoms with van der Waals surface area (Å²) < 4.78 is 0. The summed E-state index contributed by atoms with van der Waals surface area (Å²) in [5, 5.41) is 0.317. The highest BCUT2D eigenvalue weighted by atomic mass is 32.2. The van der Waals surface area contributed by atoms with E-state index in [1.54, 1.807) is 0 Å². The lowest BCUT2D eigenvalue weighted by Gasteiger charge is -2.41. The van der Waals surface area contributed by atoms with Crippen molar-refractivity contribution in [2.24, 2.45) is 0 Å². The number of anilines is 1. The maximum absolute atomic E-state index is 12.9. The van der Waals surface area contributed by atoms with Crippen LogP contribution in [0.4, 0.5) is 5.69 Å². The second-order valence-corrected chi connectivity index (χ2v) is 7.78. The van der Waals surface area contributed by atoms with Crippen molar-refractivity contribution in [1.82, 2.24) is 0 Å². The van der Waals surface area contributed by atoms with Crippen LogP contribution in [0.5, 0.6) is 0 Å². The number of rotatable bonds is 4. The molecule has 0 N–H and O–H groups in total. The Bertz CT molecular complexity index is 851. The molecule has 26 heavy (non-hydrogen) atoms. The first-order valence-electron chi connectivity index (χ1n) is 8.97. The molecule has 0 unspecified atom stereocenters. The minimum absolute atomic E-state index is 0.0325. The zero-order chi connectivity index (χ0) is 17.8. The van der Waals surface area contributed by atoms with Crippen LogP contribution < -0.4 is 4.90 Å². The number of thioether (sulfide) groups is 1. The van der Waals surface area contributed by atoms with E-state index in [1.807, 2.05) is 59.1 Å². The summed E-state index contributed by atoms with van der Waals surface area (Å²) in [5.41, 5.74) is 2.17. The molecule has 1 aliphatic heterocycles. The van der Waals surface area contributed by atoms with Crippen molar-refractivity contribution >= 4 is 23.4 Å². The van der Waals surface area contributed by atoms with Crippen molar-refractivity contribution in [1.29, 1.82) is 0 Å². The molecule has 4 rings (SSSR count). The predicted molar refractivity (Wildman–Crippen MR) is 108 cm³/mol. The number of hydrogen-bond donors (Lipinski definition) is 0. The lowest BCUT2D eigenvalue weighted by molar-refractivity contribution is -0.120. The number of benzene rings is 3. The second kappa shape index (κ2) is 7.79. The summed E-state index contributed by atoms with van der Waals surface area (Å²) in [5.74, 6) is 0.204. The van der Waals surface area contributed by atoms with Crippen LogP contribution in [0.15, 0.2) is 95.9 Å². The maximum atomic E-state index is 12.9. The predicted octanol–water partition coefficient (Wildman–Crippen LogP) is 5.72. The van der Waals surface area contributed by atoms with E-state index in [9.17, 15) is 4.79 Å². The number of hydrogen-bond acceptors (Lipinski definition) is 2. The Morgan fingerprint density at radius 3 is 2.00 bits per heavy atom. The summed E-state index contributed by atoms with van der Waals surface area (Å²) in [6, 6.07) is 31.0. The van der Waals surface area contributed by atoms with Gasteiger partial charge in [-0.2, -0.15) is 0 Å². The summed E-state index contributed by atoms with van der Waals surface area (Å²) in [7, 11) is 0. The fraction of sp³-hybridized carbons (Fsp3) is 0.174. The summed E-state index contributed by atoms with van der Waals surface area (Å²) in [4.78, 5) is 16.1. The summed E-state index contributed by atoms with van der Waals surface area (Å²) in [6.45, 7) is 0. The van der Waals surface area contributed by atoms with E-state index in [-0.39, 0.29) is 11.9 Å². The van der Waals surface area contributed by atoms with E-state index >= 15 is 0 Å². The van der Waals surface area contributed by atoms with E-state index in [0.29, 0.717) is 11.7 Å². The Morgan fingerprint density at radius 2 is 1.35 bits per heavy atom. The van der Waals surface area contributed by atoms with Gasteiger partial charge in [0, 0.05) is 22.3 Å². The van der Waals surface area contributed by atoms with Gasteiger partial charge in [-0.15, -0.1) is 11.8 Å². The van der Waals surface area contributed by atoms with Crippen molar-refractivity contribution in [3.63, 3.8) is 0 Å². The average molecular weight is 359 g/mol. The Hall–Kier alpha value is -2.52. The van der Waals surface area contributed by atoms with Gasteiger partial charge in [0.05, 0.1) is 6.04 Å². The highest BCUT2D eigenvalue weighted by Crippen LogP contribution is 2.43. The lowest BCUT2D eigenvalue weighted by Crippen LogP contribution is -2.44. The van der Waals surface area contributed by atoms with Gasteiger partial charge in [0.15, 0.2) is 0 Å². The highest BCUT2D eigenvalue weighted by molar-refractivity contribution is 8.00. The highest BCUT2D eigenvalue weighted by Gasteiger charge is 2.38. The van der Waals surface area contributed by atoms with Gasteiger partial charge in [0.2, 0.25) is 5.91 Å². The molecule has 0 aromatic heterocycles. The first-order valence-corrected chi connectivity index (χ1v) is 9.84. The van der Waals surface area contributed by atoms with Crippen LogP contribution in [0.2, 0.25) is 0 Å². The van der Waals surface area contributed by atoms with E-state index in [0.717, 1.165) is 12.1 Å². The van der Waals surface area contributed by atoms with Crippen LogP contribution in [-0.4, -0.2) is 11.2 Å². The maximum Gasteiger partial charge on any atom is 0.227 e. The Labute approximate surface area is 158 Å². The van der Waals surface area contributed by atoms with Crippen molar-refractivity contribution in [2.45, 2.75) is 29.0 Å². The van der Waals surface area contributed by atoms with Crippen molar-refractivity contribution in [2.75, 3.05) is 4.90 Å². The van der Waals surface area contributed by atoms with Gasteiger partial charge in [-0.25, -0.2) is 0 Å². The number of para-hydroxylation sites is 1. The number of piperidine rings is 1. The van der Waals surface area contributed by atoms with Crippen LogP contribution >= 0.6 is 11.8 Å². The number of carbonyl (C=O) groups is 1. The van der Waals surface area contributed by atoms with Gasteiger partial charge in [-0.3, -0.25) is 4.79 Å². The minimum atomic E-state index is 0.0325. The Kier molecular flexibility index (Phi) is 5.07. The van der Waals surface area contributed by atoms with E-state index < -0.39 is 0 Å². The quantitative estimate of drug-likeness (QED) is 0.594. The molecular weight excluding hydrogens is 338 g/mol. The monoisotopic (exact) mass is 359 g/mol. The van der Waals surface area contributed by atoms with E-state index in [2.05, 4.69) is 48.5 Å². The zero-order valence-corrected chi connectivity index (χ0v) is 15.3. The van der Waals surface area contributed by atoms with Gasteiger partial charge in [-0.05, 0) is 36.2 Å². The molecule has 0 radical (unpaired) electrons. The van der Waals surface area contributed by atoms with Crippen LogP contribution in [0.1, 0.15) is 24.4 Å². The molecule has 2 nitrogen and oxygen atoms in total. The summed E-state index contributed by atoms with van der Waals surface area (Å²) >= 11 is 1.87. The van der Waals surface area contributed by atoms with E-state index in [1.165, 1.54) is 10.5 Å². The van der Waals surface area contributed by atoms with Crippen molar-refractivity contribution < 1.29 is 4.79 Å². The lowest BCUT2D eigenvalue weighted by atomic mass is 9.93. The van der Waals surface area contributed by atoms with Crippen LogP contribution in [-0.2, 0) is 4.79 Å². The first-order chi connectivity index (χ1) is 12.8. The van der Waals surface area contributed by atoms with Gasteiger partial charge in [0.1, 0.15) is 0 Å². The van der Waals surface area contributed by atoms with Crippen molar-refractivity contribution in [3.05, 3.63) is 96.6 Å². The summed E-state index contributed by atoms with van der Waals surface area (Å²) in [6.07, 6.45) is 1.48. The first kappa shape index (κ1) is 16.9. The number of nitrogens with zero attached hydrogens (tertiary/aromatic N) is 1. The molecule has 1 saturated heterocycles. The van der Waals surface area contributed by atoms with Gasteiger partial charge >= 0.3 is 0 Å². The smallest absolute Gasteiger partial charge is 0.227 e. The standard InChI is InChI=1S/C23H21NOS/c25-22-17-16-21(26-20-14-8-3-9-15-20)23(18-10-4-1-5-11-18)24(22)19-12-6-2-7-13-19/h1-15,21,23H,16-17H2/t21-,23+/m1/s1. The molecule has 1 amide bonds. The molecule has 0 aliphatic carbocycles. The molecule has 3 heteroatoms. The van der Waals surface area contributed by atoms with Gasteiger partial charge in [0.25, 0.3) is 0 Å². The average Bonchev–Trinajstić information content (AvgIpc) is 2.71. The number of amides is 1. The third-order valence-electron chi connectivity index (χ3n) is 4.75. The second-order valence-electron chi connectivity index (χ2n) is 6.46. The third kappa shape index (κ3) is 3.54. The molecule has 1 fully saturated rings. The molecule has 3 aromatic carbocycles. The van der Waals surface area contributed by atoms with Crippen LogP contribution in [0.25, 0.3) is 0 Å². The minimum Gasteiger partial charge on any atom is -0.304 e. The fourth-order valence-corrected chi connectivity index (χ4v) is 4.88. The Balaban J connectivity index is 1.74. The topological polar surface area (TPSA) is 20.3 Å². The molecule has 0 bridgehead atoms. The third-order valence-corrected chi connectivity index (χ3v) is 6.09.